The molecular weight excluding hydrogens is 375 g/mol. The number of halogens is 2. The summed E-state index contributed by atoms with van der Waals surface area (Å²) in [7, 11) is 0. The van der Waals surface area contributed by atoms with E-state index in [4.69, 9.17) is 23.2 Å². The molecule has 0 aromatic rings. The molecule has 4 heteroatoms. The molecule has 0 aromatic carbocycles. The van der Waals surface area contributed by atoms with Gasteiger partial charge in [-0.2, -0.15) is 0 Å². The lowest BCUT2D eigenvalue weighted by molar-refractivity contribution is 0.277. The highest BCUT2D eigenvalue weighted by molar-refractivity contribution is 6.29. The lowest BCUT2D eigenvalue weighted by Gasteiger charge is -2.19. The Hall–Kier alpha value is -0.280. The number of hydrogen-bond donors (Lipinski definition) is 1. The third kappa shape index (κ3) is 28.0. The number of rotatable bonds is 13. The van der Waals surface area contributed by atoms with E-state index in [2.05, 4.69) is 37.9 Å². The molecule has 0 fully saturated rings. The van der Waals surface area contributed by atoms with E-state index < -0.39 is 0 Å². The lowest BCUT2D eigenvalue weighted by atomic mass is 10.2. The summed E-state index contributed by atoms with van der Waals surface area (Å²) in [6.45, 7) is 20.1. The molecule has 0 rings (SSSR count). The first-order chi connectivity index (χ1) is 13.0. The predicted molar refractivity (Wildman–Crippen MR) is 129 cm³/mol. The van der Waals surface area contributed by atoms with Crippen molar-refractivity contribution in [1.29, 1.82) is 0 Å². The van der Waals surface area contributed by atoms with Gasteiger partial charge in [0, 0.05) is 17.1 Å². The first kappa shape index (κ1) is 31.4. The number of allylic oxidation sites excluding steroid dienone is 3. The Morgan fingerprint density at radius 3 is 2.07 bits per heavy atom. The molecule has 27 heavy (non-hydrogen) atoms. The maximum absolute atomic E-state index is 5.94. The molecule has 0 heterocycles. The van der Waals surface area contributed by atoms with Gasteiger partial charge in [-0.25, -0.2) is 0 Å². The maximum Gasteiger partial charge on any atom is 0.0205 e. The van der Waals surface area contributed by atoms with Crippen molar-refractivity contribution in [3.63, 3.8) is 0 Å². The summed E-state index contributed by atoms with van der Waals surface area (Å²) >= 11 is 11.5. The van der Waals surface area contributed by atoms with Crippen LogP contribution in [-0.2, 0) is 0 Å². The van der Waals surface area contributed by atoms with Crippen molar-refractivity contribution >= 4 is 23.2 Å². The van der Waals surface area contributed by atoms with E-state index in [9.17, 15) is 0 Å². The van der Waals surface area contributed by atoms with Crippen LogP contribution in [0.25, 0.3) is 0 Å². The summed E-state index contributed by atoms with van der Waals surface area (Å²) < 4.78 is 0. The monoisotopic (exact) mass is 420 g/mol. The van der Waals surface area contributed by atoms with Crippen LogP contribution >= 0.6 is 23.2 Å². The largest absolute Gasteiger partial charge is 0.313 e. The average Bonchev–Trinajstić information content (AvgIpc) is 2.66. The predicted octanol–water partition coefficient (Wildman–Crippen LogP) is 7.74. The minimum absolute atomic E-state index is 0.783. The zero-order valence-corrected chi connectivity index (χ0v) is 20.6. The average molecular weight is 422 g/mol. The Bertz CT molecular complexity index is 359. The topological polar surface area (TPSA) is 15.3 Å². The van der Waals surface area contributed by atoms with E-state index in [1.54, 1.807) is 0 Å². The second kappa shape index (κ2) is 27.9. The molecule has 0 saturated carbocycles. The van der Waals surface area contributed by atoms with Gasteiger partial charge in [0.05, 0.1) is 0 Å². The fourth-order valence-corrected chi connectivity index (χ4v) is 2.41. The Morgan fingerprint density at radius 2 is 1.59 bits per heavy atom. The first-order valence-corrected chi connectivity index (χ1v) is 11.6. The SMILES string of the molecule is CC.CCC.CCCCN(CC)CCCCNCC(/C=C(\C)Cl)=C/C=C/Cl. The van der Waals surface area contributed by atoms with Crippen molar-refractivity contribution in [3.8, 4) is 0 Å². The van der Waals surface area contributed by atoms with Crippen molar-refractivity contribution in [3.05, 3.63) is 34.4 Å². The normalized spacial score (nSPS) is 11.9. The fraction of sp³-hybridized carbons (Fsp3) is 0.739. The quantitative estimate of drug-likeness (QED) is 0.242. The smallest absolute Gasteiger partial charge is 0.0205 e. The summed E-state index contributed by atoms with van der Waals surface area (Å²) in [5, 5.41) is 4.25. The van der Waals surface area contributed by atoms with Gasteiger partial charge in [-0.1, -0.05) is 89.7 Å². The van der Waals surface area contributed by atoms with Gasteiger partial charge in [-0.15, -0.1) is 0 Å². The molecule has 1 N–H and O–H groups in total. The van der Waals surface area contributed by atoms with Crippen LogP contribution in [-0.4, -0.2) is 37.6 Å². The van der Waals surface area contributed by atoms with Crippen LogP contribution in [0.3, 0.4) is 0 Å². The van der Waals surface area contributed by atoms with E-state index in [0.29, 0.717) is 0 Å². The van der Waals surface area contributed by atoms with Crippen molar-refractivity contribution < 1.29 is 0 Å². The van der Waals surface area contributed by atoms with Gasteiger partial charge in [0.15, 0.2) is 0 Å². The molecule has 162 valence electrons. The van der Waals surface area contributed by atoms with E-state index in [1.807, 2.05) is 39.0 Å². The van der Waals surface area contributed by atoms with Crippen LogP contribution in [0.4, 0.5) is 0 Å². The van der Waals surface area contributed by atoms with Gasteiger partial charge < -0.3 is 10.2 Å². The van der Waals surface area contributed by atoms with Gasteiger partial charge in [0.1, 0.15) is 0 Å². The highest BCUT2D eigenvalue weighted by Crippen LogP contribution is 2.06. The molecule has 0 spiro atoms. The molecule has 0 aromatic heterocycles. The van der Waals surface area contributed by atoms with Crippen LogP contribution in [0.1, 0.15) is 80.6 Å². The van der Waals surface area contributed by atoms with Crippen LogP contribution in [0, 0.1) is 0 Å². The van der Waals surface area contributed by atoms with Gasteiger partial charge in [0.2, 0.25) is 0 Å². The third-order valence-electron chi connectivity index (χ3n) is 3.45. The molecule has 0 unspecified atom stereocenters. The summed E-state index contributed by atoms with van der Waals surface area (Å²) in [4.78, 5) is 2.54. The molecule has 0 aliphatic rings. The van der Waals surface area contributed by atoms with E-state index >= 15 is 0 Å². The summed E-state index contributed by atoms with van der Waals surface area (Å²) in [6.07, 6.45) is 12.0. The summed E-state index contributed by atoms with van der Waals surface area (Å²) in [5.74, 6) is 0. The summed E-state index contributed by atoms with van der Waals surface area (Å²) in [5.41, 5.74) is 2.65. The number of nitrogens with one attached hydrogen (secondary N) is 1. The van der Waals surface area contributed by atoms with Crippen LogP contribution in [0.5, 0.6) is 0 Å². The van der Waals surface area contributed by atoms with E-state index in [0.717, 1.165) is 30.2 Å². The Morgan fingerprint density at radius 1 is 1.00 bits per heavy atom. The van der Waals surface area contributed by atoms with Crippen molar-refractivity contribution in [2.75, 3.05) is 32.7 Å². The second-order valence-electron chi connectivity index (χ2n) is 6.17. The Balaban J connectivity index is -0.00000104. The Labute approximate surface area is 181 Å². The third-order valence-corrected chi connectivity index (χ3v) is 3.70. The van der Waals surface area contributed by atoms with Gasteiger partial charge in [-0.3, -0.25) is 0 Å². The van der Waals surface area contributed by atoms with Crippen LogP contribution in [0.2, 0.25) is 0 Å². The zero-order valence-electron chi connectivity index (χ0n) is 19.1. The van der Waals surface area contributed by atoms with Gasteiger partial charge >= 0.3 is 0 Å². The molecule has 0 atom stereocenters. The first-order valence-electron chi connectivity index (χ1n) is 10.8. The van der Waals surface area contributed by atoms with Crippen LogP contribution < -0.4 is 5.32 Å². The van der Waals surface area contributed by atoms with Gasteiger partial charge in [-0.05, 0) is 64.0 Å². The molecule has 2 nitrogen and oxygen atoms in total. The molecule has 0 amide bonds. The van der Waals surface area contributed by atoms with Crippen molar-refractivity contribution in [1.82, 2.24) is 10.2 Å². The standard InChI is InChI=1S/C18H32Cl2N2.C3H8.C2H6/c1-4-6-13-22(5-2)14-8-7-12-21-16-18(10-9-11-19)15-17(3)20;1-3-2;1-2/h9-11,15,21H,4-8,12-14,16H2,1-3H3;3H2,1-2H3;1-2H3/b11-9+,17-15+,18-10+;;. The highest BCUT2D eigenvalue weighted by atomic mass is 35.5. The zero-order chi connectivity index (χ0) is 21.3. The lowest BCUT2D eigenvalue weighted by Crippen LogP contribution is -2.26. The molecule has 0 aliphatic heterocycles. The minimum Gasteiger partial charge on any atom is -0.313 e. The number of unbranched alkanes of at least 4 members (excludes halogenated alkanes) is 2. The Kier molecular flexibility index (Phi) is 32.5. The molecule has 0 aliphatic carbocycles. The minimum atomic E-state index is 0.783. The summed E-state index contributed by atoms with van der Waals surface area (Å²) in [6, 6.07) is 0. The highest BCUT2D eigenvalue weighted by Gasteiger charge is 2.01. The van der Waals surface area contributed by atoms with Crippen molar-refractivity contribution in [2.45, 2.75) is 80.6 Å². The molecular formula is C23H46Cl2N2. The maximum atomic E-state index is 5.94. The molecule has 0 bridgehead atoms. The van der Waals surface area contributed by atoms with Gasteiger partial charge in [0.25, 0.3) is 0 Å². The van der Waals surface area contributed by atoms with E-state index in [1.165, 1.54) is 50.7 Å². The van der Waals surface area contributed by atoms with E-state index in [-0.39, 0.29) is 0 Å². The number of nitrogens with zero attached hydrogens (tertiary/aromatic N) is 1. The van der Waals surface area contributed by atoms with Crippen LogP contribution in [0.15, 0.2) is 34.4 Å². The van der Waals surface area contributed by atoms with Crippen molar-refractivity contribution in [2.24, 2.45) is 0 Å². The fourth-order valence-electron chi connectivity index (χ4n) is 2.20. The second-order valence-corrected chi connectivity index (χ2v) is 7.02. The molecule has 0 radical (unpaired) electrons. The molecule has 0 saturated heterocycles. The number of hydrogen-bond acceptors (Lipinski definition) is 2.